The number of aliphatic hydroxyl groups excluding tert-OH is 4. The van der Waals surface area contributed by atoms with Crippen molar-refractivity contribution in [2.75, 3.05) is 32.3 Å². The van der Waals surface area contributed by atoms with E-state index in [-0.39, 0.29) is 41.3 Å². The molecule has 0 aliphatic carbocycles. The van der Waals surface area contributed by atoms with Gasteiger partial charge in [0, 0.05) is 69.3 Å². The maximum Gasteiger partial charge on any atom is 0.340 e. The summed E-state index contributed by atoms with van der Waals surface area (Å²) in [5.41, 5.74) is 10.1. The van der Waals surface area contributed by atoms with Crippen LogP contribution in [0.15, 0.2) is 24.8 Å². The second-order valence-electron chi connectivity index (χ2n) is 15.6. The summed E-state index contributed by atoms with van der Waals surface area (Å²) in [5.74, 6) is -0.689. The standard InChI is InChI=1S/C45H56N4O10S2/c1-9-25-21(3)29-17-31-23(5)27(12-13-36(51)57-7)39(48-31)28(16-37(52)60-14-11-15-61-45-43(55)42(54)41(53)35(20-50)59-45)40-38(44(56)58-8)24(6)32(49-40)19-34-26(10-2)22(4)30(47-34)18-33(25)46-29/h9,17-19,23,27,35,41-43,45-47,50,53-55H,1,10-16,20H2,2-8H3/t23-,27-,35+,41+,42-,43+,45-/m0/s1. The molecule has 3 aromatic heterocycles. The van der Waals surface area contributed by atoms with Crippen LogP contribution >= 0.6 is 23.5 Å². The van der Waals surface area contributed by atoms with Crippen molar-refractivity contribution in [2.45, 2.75) is 108 Å². The van der Waals surface area contributed by atoms with E-state index in [0.717, 1.165) is 68.2 Å². The molecule has 0 saturated carbocycles. The Morgan fingerprint density at radius 3 is 2.31 bits per heavy atom. The molecule has 1 saturated heterocycles. The number of carbonyl (C=O) groups is 3. The number of aliphatic hydroxyl groups is 4. The van der Waals surface area contributed by atoms with Gasteiger partial charge in [-0.25, -0.2) is 9.78 Å². The molecule has 6 rings (SSSR count). The number of aryl methyl sites for hydroxylation is 3. The number of nitrogens with zero attached hydrogens (tertiary/aromatic N) is 2. The number of ether oxygens (including phenoxy) is 3. The highest BCUT2D eigenvalue weighted by atomic mass is 32.2. The third-order valence-corrected chi connectivity index (χ3v) is 14.2. The maximum absolute atomic E-state index is 14.1. The fourth-order valence-corrected chi connectivity index (χ4v) is 10.5. The molecule has 7 atom stereocenters. The molecule has 16 heteroatoms. The van der Waals surface area contributed by atoms with Gasteiger partial charge in [-0.05, 0) is 86.2 Å². The molecule has 328 valence electrons. The highest BCUT2D eigenvalue weighted by molar-refractivity contribution is 8.13. The molecule has 0 amide bonds. The van der Waals surface area contributed by atoms with Gasteiger partial charge in [-0.3, -0.25) is 14.6 Å². The van der Waals surface area contributed by atoms with Crippen molar-refractivity contribution in [3.63, 3.8) is 0 Å². The molecule has 0 aromatic carbocycles. The first-order chi connectivity index (χ1) is 29.2. The van der Waals surface area contributed by atoms with Crippen molar-refractivity contribution in [3.8, 4) is 0 Å². The van der Waals surface area contributed by atoms with Crippen LogP contribution in [-0.2, 0) is 41.4 Å². The number of thioether (sulfide) groups is 2. The van der Waals surface area contributed by atoms with Crippen LogP contribution in [0.5, 0.6) is 0 Å². The predicted octanol–water partition coefficient (Wildman–Crippen LogP) is 5.81. The molecule has 0 unspecified atom stereocenters. The SMILES string of the molecule is C=Cc1c(C)c2cc3nc(c(CC(=O)SCCCS[C@@H]4O[C@H](CO)[C@@H](O)[C@H](O)[C@H]4O)c4nc(cc5[nH]c(cc1[nH]2)c(C)c5CC)C(C)=C4C(=O)OC)[C@@H](CCC(=O)OC)[C@@H]3C. The average molecular weight is 877 g/mol. The van der Waals surface area contributed by atoms with Crippen LogP contribution in [0.1, 0.15) is 102 Å². The van der Waals surface area contributed by atoms with Gasteiger partial charge in [0.1, 0.15) is 29.9 Å². The van der Waals surface area contributed by atoms with Gasteiger partial charge < -0.3 is 44.6 Å². The zero-order valence-electron chi connectivity index (χ0n) is 35.7. The van der Waals surface area contributed by atoms with Crippen molar-refractivity contribution in [2.24, 2.45) is 0 Å². The van der Waals surface area contributed by atoms with Crippen LogP contribution in [0.2, 0.25) is 0 Å². The lowest BCUT2D eigenvalue weighted by atomic mass is 9.84. The minimum atomic E-state index is -1.47. The molecule has 3 aromatic rings. The number of hydrogen-bond donors (Lipinski definition) is 6. The monoisotopic (exact) mass is 876 g/mol. The van der Waals surface area contributed by atoms with Crippen molar-refractivity contribution < 1.29 is 49.0 Å². The second kappa shape index (κ2) is 19.8. The summed E-state index contributed by atoms with van der Waals surface area (Å²) in [6.45, 7) is 13.6. The van der Waals surface area contributed by atoms with Gasteiger partial charge in [-0.1, -0.05) is 38.3 Å². The molecule has 6 heterocycles. The first kappa shape index (κ1) is 46.2. The van der Waals surface area contributed by atoms with Gasteiger partial charge in [-0.2, -0.15) is 0 Å². The Labute approximate surface area is 363 Å². The number of hydrogen-bond acceptors (Lipinski definition) is 14. The van der Waals surface area contributed by atoms with E-state index in [4.69, 9.17) is 24.2 Å². The summed E-state index contributed by atoms with van der Waals surface area (Å²) in [5, 5.41) is 40.2. The number of fused-ring (bicyclic) bond motifs is 8. The van der Waals surface area contributed by atoms with E-state index in [1.54, 1.807) is 0 Å². The van der Waals surface area contributed by atoms with Crippen molar-refractivity contribution >= 4 is 79.9 Å². The largest absolute Gasteiger partial charge is 0.469 e. The zero-order valence-corrected chi connectivity index (χ0v) is 37.3. The van der Waals surface area contributed by atoms with Crippen LogP contribution in [-0.4, -0.2) is 120 Å². The number of aromatic amines is 2. The van der Waals surface area contributed by atoms with Crippen molar-refractivity contribution in [1.29, 1.82) is 0 Å². The molecule has 3 aliphatic heterocycles. The molecule has 0 radical (unpaired) electrons. The number of aromatic nitrogens is 4. The highest BCUT2D eigenvalue weighted by Crippen LogP contribution is 2.44. The average Bonchev–Trinajstić information content (AvgIpc) is 3.93. The normalized spacial score (nSPS) is 22.6. The summed E-state index contributed by atoms with van der Waals surface area (Å²) in [6.07, 6.45) is -1.84. The first-order valence-electron chi connectivity index (χ1n) is 20.5. The lowest BCUT2D eigenvalue weighted by Gasteiger charge is -2.39. The van der Waals surface area contributed by atoms with E-state index in [1.807, 2.05) is 39.0 Å². The first-order valence-corrected chi connectivity index (χ1v) is 22.5. The molecule has 6 N–H and O–H groups in total. The van der Waals surface area contributed by atoms with Gasteiger partial charge in [0.05, 0.1) is 43.5 Å². The van der Waals surface area contributed by atoms with Gasteiger partial charge in [-0.15, -0.1) is 11.8 Å². The summed E-state index contributed by atoms with van der Waals surface area (Å²) in [4.78, 5) is 58.1. The van der Waals surface area contributed by atoms with Crippen LogP contribution in [0.3, 0.4) is 0 Å². The summed E-state index contributed by atoms with van der Waals surface area (Å²) < 4.78 is 16.0. The number of H-pyrrole nitrogens is 2. The minimum Gasteiger partial charge on any atom is -0.469 e. The van der Waals surface area contributed by atoms with Crippen molar-refractivity contribution in [1.82, 2.24) is 19.9 Å². The van der Waals surface area contributed by atoms with Crippen LogP contribution in [0, 0.1) is 13.8 Å². The summed E-state index contributed by atoms with van der Waals surface area (Å²) >= 11 is 2.34. The minimum absolute atomic E-state index is 0.103. The smallest absolute Gasteiger partial charge is 0.340 e. The Bertz CT molecular complexity index is 2390. The third-order valence-electron chi connectivity index (χ3n) is 12.0. The molecule has 3 aliphatic rings. The molecular formula is C45H56N4O10S2. The Morgan fingerprint density at radius 1 is 0.918 bits per heavy atom. The number of carbonyl (C=O) groups excluding carboxylic acids is 3. The van der Waals surface area contributed by atoms with E-state index in [1.165, 1.54) is 26.0 Å². The number of rotatable bonds is 14. The molecule has 0 spiro atoms. The zero-order chi connectivity index (χ0) is 44.3. The quantitative estimate of drug-likeness (QED) is 0.0833. The third kappa shape index (κ3) is 9.41. The fourth-order valence-electron chi connectivity index (χ4n) is 8.41. The highest BCUT2D eigenvalue weighted by Gasteiger charge is 2.43. The number of esters is 2. The molecule has 8 bridgehead atoms. The topological polar surface area (TPSA) is 217 Å². The summed E-state index contributed by atoms with van der Waals surface area (Å²) in [6, 6.07) is 6.01. The Kier molecular flexibility index (Phi) is 15.0. The molecule has 61 heavy (non-hydrogen) atoms. The van der Waals surface area contributed by atoms with Gasteiger partial charge in [0.2, 0.25) is 0 Å². The molecular weight excluding hydrogens is 821 g/mol. The number of methoxy groups -OCH3 is 2. The fraction of sp³-hybridized carbons (Fsp3) is 0.489. The predicted molar refractivity (Wildman–Crippen MR) is 239 cm³/mol. The van der Waals surface area contributed by atoms with Crippen LogP contribution < -0.4 is 0 Å². The Balaban J connectivity index is 1.49. The second-order valence-corrected chi connectivity index (χ2v) is 18.0. The lowest BCUT2D eigenvalue weighted by molar-refractivity contribution is -0.205. The van der Waals surface area contributed by atoms with E-state index in [0.29, 0.717) is 52.6 Å². The van der Waals surface area contributed by atoms with E-state index in [2.05, 4.69) is 36.5 Å². The molecule has 1 fully saturated rings. The van der Waals surface area contributed by atoms with Crippen LogP contribution in [0.4, 0.5) is 0 Å². The van der Waals surface area contributed by atoms with Gasteiger partial charge in [0.25, 0.3) is 0 Å². The van der Waals surface area contributed by atoms with Gasteiger partial charge in [0.15, 0.2) is 5.12 Å². The lowest BCUT2D eigenvalue weighted by Crippen LogP contribution is -2.57. The maximum atomic E-state index is 14.1. The van der Waals surface area contributed by atoms with Crippen LogP contribution in [0.25, 0.3) is 39.3 Å². The molecule has 14 nitrogen and oxygen atoms in total. The van der Waals surface area contributed by atoms with E-state index < -0.39 is 42.4 Å². The van der Waals surface area contributed by atoms with Crippen molar-refractivity contribution in [3.05, 3.63) is 75.4 Å². The Hall–Kier alpha value is -4.29. The van der Waals surface area contributed by atoms with E-state index >= 15 is 0 Å². The number of allylic oxidation sites excluding steroid dienone is 1. The number of nitrogens with one attached hydrogen (secondary N) is 2. The van der Waals surface area contributed by atoms with Gasteiger partial charge >= 0.3 is 11.9 Å². The Morgan fingerprint density at radius 2 is 1.64 bits per heavy atom. The van der Waals surface area contributed by atoms with E-state index in [9.17, 15) is 34.8 Å². The summed E-state index contributed by atoms with van der Waals surface area (Å²) in [7, 11) is 2.66.